The van der Waals surface area contributed by atoms with Crippen LogP contribution in [-0.2, 0) is 6.61 Å². The smallest absolute Gasteiger partial charge is 0.119 e. The minimum atomic E-state index is -0.179. The summed E-state index contributed by atoms with van der Waals surface area (Å²) in [5.41, 5.74) is 1.83. The summed E-state index contributed by atoms with van der Waals surface area (Å²) in [6, 6.07) is 13.6. The van der Waals surface area contributed by atoms with Crippen molar-refractivity contribution in [1.82, 2.24) is 0 Å². The molecule has 3 rings (SSSR count). The average Bonchev–Trinajstić information content (AvgIpc) is 3.09. The molecule has 0 bridgehead atoms. The van der Waals surface area contributed by atoms with Gasteiger partial charge in [-0.3, -0.25) is 0 Å². The largest absolute Gasteiger partial charge is 0.465 e. The molecular formula is C18H17BrO3. The molecule has 0 spiro atoms. The van der Waals surface area contributed by atoms with E-state index in [2.05, 4.69) is 15.9 Å². The van der Waals surface area contributed by atoms with Gasteiger partial charge in [-0.1, -0.05) is 22.0 Å². The molecule has 114 valence electrons. The Balaban J connectivity index is 2.19. The molecule has 22 heavy (non-hydrogen) atoms. The minimum Gasteiger partial charge on any atom is -0.465 e. The molecule has 0 unspecified atom stereocenters. The van der Waals surface area contributed by atoms with Gasteiger partial charge in [0.25, 0.3) is 0 Å². The Bertz CT molecular complexity index is 745. The highest BCUT2D eigenvalue weighted by Gasteiger charge is 2.25. The van der Waals surface area contributed by atoms with E-state index in [1.807, 2.05) is 56.3 Å². The van der Waals surface area contributed by atoms with Crippen molar-refractivity contribution in [2.24, 2.45) is 0 Å². The summed E-state index contributed by atoms with van der Waals surface area (Å²) in [5.74, 6) is 3.13. The third-order valence-electron chi connectivity index (χ3n) is 3.68. The maximum atomic E-state index is 9.69. The van der Waals surface area contributed by atoms with Crippen LogP contribution in [0.25, 0.3) is 0 Å². The lowest BCUT2D eigenvalue weighted by Crippen LogP contribution is -2.05. The monoisotopic (exact) mass is 360 g/mol. The van der Waals surface area contributed by atoms with Crippen molar-refractivity contribution in [2.75, 3.05) is 0 Å². The van der Waals surface area contributed by atoms with Crippen LogP contribution in [0, 0.1) is 13.8 Å². The molecule has 1 N–H and O–H groups in total. The van der Waals surface area contributed by atoms with Crippen LogP contribution in [0.5, 0.6) is 0 Å². The topological polar surface area (TPSA) is 46.5 Å². The summed E-state index contributed by atoms with van der Waals surface area (Å²) in [6.45, 7) is 3.81. The lowest BCUT2D eigenvalue weighted by atomic mass is 9.90. The van der Waals surface area contributed by atoms with Crippen LogP contribution >= 0.6 is 15.9 Å². The predicted molar refractivity (Wildman–Crippen MR) is 87.9 cm³/mol. The van der Waals surface area contributed by atoms with E-state index in [0.29, 0.717) is 0 Å². The number of aryl methyl sites for hydroxylation is 2. The summed E-state index contributed by atoms with van der Waals surface area (Å²) < 4.78 is 12.6. The van der Waals surface area contributed by atoms with Gasteiger partial charge in [0.05, 0.1) is 6.61 Å². The summed E-state index contributed by atoms with van der Waals surface area (Å²) >= 11 is 3.51. The second kappa shape index (κ2) is 6.15. The zero-order valence-corrected chi connectivity index (χ0v) is 14.1. The maximum absolute atomic E-state index is 9.69. The fourth-order valence-electron chi connectivity index (χ4n) is 2.64. The van der Waals surface area contributed by atoms with Gasteiger partial charge < -0.3 is 13.9 Å². The highest BCUT2D eigenvalue weighted by molar-refractivity contribution is 9.10. The van der Waals surface area contributed by atoms with Gasteiger partial charge in [-0.05, 0) is 61.4 Å². The molecule has 1 aromatic carbocycles. The first kappa shape index (κ1) is 15.1. The second-order valence-electron chi connectivity index (χ2n) is 5.33. The standard InChI is InChI=1S/C18H17BrO3/c1-11-3-7-16(21-11)18(17-8-4-12(2)22-17)15-9-14(19)6-5-13(15)10-20/h3-9,18,20H,10H2,1-2H3. The van der Waals surface area contributed by atoms with Crippen LogP contribution in [0.1, 0.15) is 40.1 Å². The molecule has 3 aromatic rings. The fourth-order valence-corrected chi connectivity index (χ4v) is 3.02. The molecule has 0 saturated heterocycles. The molecule has 0 fully saturated rings. The number of aliphatic hydroxyl groups is 1. The lowest BCUT2D eigenvalue weighted by Gasteiger charge is -2.17. The average molecular weight is 361 g/mol. The molecule has 0 aliphatic carbocycles. The van der Waals surface area contributed by atoms with E-state index in [-0.39, 0.29) is 12.5 Å². The molecule has 0 saturated carbocycles. The third-order valence-corrected chi connectivity index (χ3v) is 4.17. The van der Waals surface area contributed by atoms with Gasteiger partial charge in [-0.15, -0.1) is 0 Å². The molecular weight excluding hydrogens is 344 g/mol. The Kier molecular flexibility index (Phi) is 4.23. The number of furan rings is 2. The molecule has 0 radical (unpaired) electrons. The first-order valence-corrected chi connectivity index (χ1v) is 7.89. The van der Waals surface area contributed by atoms with E-state index in [4.69, 9.17) is 8.83 Å². The van der Waals surface area contributed by atoms with Crippen LogP contribution in [0.4, 0.5) is 0 Å². The van der Waals surface area contributed by atoms with Crippen molar-refractivity contribution in [3.05, 3.63) is 81.1 Å². The Morgan fingerprint density at radius 1 is 0.955 bits per heavy atom. The van der Waals surface area contributed by atoms with E-state index in [1.165, 1.54) is 0 Å². The van der Waals surface area contributed by atoms with Gasteiger partial charge in [0, 0.05) is 4.47 Å². The number of hydrogen-bond donors (Lipinski definition) is 1. The molecule has 2 aromatic heterocycles. The zero-order chi connectivity index (χ0) is 15.7. The van der Waals surface area contributed by atoms with Crippen LogP contribution < -0.4 is 0 Å². The second-order valence-corrected chi connectivity index (χ2v) is 6.25. The number of aliphatic hydroxyl groups excluding tert-OH is 1. The van der Waals surface area contributed by atoms with Gasteiger partial charge in [0.1, 0.15) is 29.0 Å². The zero-order valence-electron chi connectivity index (χ0n) is 12.5. The van der Waals surface area contributed by atoms with E-state index < -0.39 is 0 Å². The lowest BCUT2D eigenvalue weighted by molar-refractivity contribution is 0.279. The van der Waals surface area contributed by atoms with Gasteiger partial charge in [0.15, 0.2) is 0 Å². The number of hydrogen-bond acceptors (Lipinski definition) is 3. The Morgan fingerprint density at radius 3 is 2.00 bits per heavy atom. The van der Waals surface area contributed by atoms with Crippen molar-refractivity contribution in [3.63, 3.8) is 0 Å². The summed E-state index contributed by atoms with van der Waals surface area (Å²) in [7, 11) is 0. The highest BCUT2D eigenvalue weighted by atomic mass is 79.9. The number of benzene rings is 1. The van der Waals surface area contributed by atoms with Crippen molar-refractivity contribution >= 4 is 15.9 Å². The highest BCUT2D eigenvalue weighted by Crippen LogP contribution is 2.37. The Hall–Kier alpha value is -1.78. The fraction of sp³-hybridized carbons (Fsp3) is 0.222. The van der Waals surface area contributed by atoms with Gasteiger partial charge in [-0.2, -0.15) is 0 Å². The van der Waals surface area contributed by atoms with Crippen LogP contribution in [0.15, 0.2) is 55.8 Å². The molecule has 0 amide bonds. The quantitative estimate of drug-likeness (QED) is 0.717. The summed E-state index contributed by atoms with van der Waals surface area (Å²) in [4.78, 5) is 0. The van der Waals surface area contributed by atoms with Crippen molar-refractivity contribution in [1.29, 1.82) is 0 Å². The SMILES string of the molecule is Cc1ccc(C(c2ccc(C)o2)c2cc(Br)ccc2CO)o1. The first-order chi connectivity index (χ1) is 10.6. The van der Waals surface area contributed by atoms with Crippen LogP contribution in [0.3, 0.4) is 0 Å². The van der Waals surface area contributed by atoms with Gasteiger partial charge >= 0.3 is 0 Å². The maximum Gasteiger partial charge on any atom is 0.119 e. The minimum absolute atomic E-state index is 0.0293. The van der Waals surface area contributed by atoms with Crippen LogP contribution in [-0.4, -0.2) is 5.11 Å². The number of rotatable bonds is 4. The van der Waals surface area contributed by atoms with Gasteiger partial charge in [-0.25, -0.2) is 0 Å². The van der Waals surface area contributed by atoms with Crippen molar-refractivity contribution in [2.45, 2.75) is 26.4 Å². The molecule has 0 aliphatic heterocycles. The van der Waals surface area contributed by atoms with Gasteiger partial charge in [0.2, 0.25) is 0 Å². The molecule has 3 nitrogen and oxygen atoms in total. The Labute approximate surface area is 137 Å². The normalized spacial score (nSPS) is 11.3. The van der Waals surface area contributed by atoms with E-state index in [1.54, 1.807) is 0 Å². The summed E-state index contributed by atoms with van der Waals surface area (Å²) in [6.07, 6.45) is 0. The third kappa shape index (κ3) is 2.89. The Morgan fingerprint density at radius 2 is 1.55 bits per heavy atom. The van der Waals surface area contributed by atoms with Crippen molar-refractivity contribution < 1.29 is 13.9 Å². The predicted octanol–water partition coefficient (Wildman–Crippen LogP) is 4.92. The summed E-state index contributed by atoms with van der Waals surface area (Å²) in [5, 5.41) is 9.69. The molecule has 2 heterocycles. The van der Waals surface area contributed by atoms with Crippen molar-refractivity contribution in [3.8, 4) is 0 Å². The number of halogens is 1. The molecule has 0 aliphatic rings. The van der Waals surface area contributed by atoms with Crippen LogP contribution in [0.2, 0.25) is 0 Å². The van der Waals surface area contributed by atoms with E-state index in [9.17, 15) is 5.11 Å². The molecule has 4 heteroatoms. The van der Waals surface area contributed by atoms with E-state index >= 15 is 0 Å². The van der Waals surface area contributed by atoms with E-state index in [0.717, 1.165) is 38.6 Å². The molecule has 0 atom stereocenters. The first-order valence-electron chi connectivity index (χ1n) is 7.10.